The zero-order chi connectivity index (χ0) is 9.97. The first-order valence-corrected chi connectivity index (χ1v) is 4.55. The van der Waals surface area contributed by atoms with E-state index in [9.17, 15) is 0 Å². The number of anilines is 1. The molecule has 0 bridgehead atoms. The molecule has 0 radical (unpaired) electrons. The Morgan fingerprint density at radius 3 is 2.93 bits per heavy atom. The van der Waals surface area contributed by atoms with Crippen molar-refractivity contribution >= 4 is 5.69 Å². The summed E-state index contributed by atoms with van der Waals surface area (Å²) in [6, 6.07) is 3.84. The van der Waals surface area contributed by atoms with Crippen LogP contribution in [-0.4, -0.2) is 14.8 Å². The summed E-state index contributed by atoms with van der Waals surface area (Å²) in [5.74, 6) is 0. The topological polar surface area (TPSA) is 56.7 Å². The van der Waals surface area contributed by atoms with E-state index < -0.39 is 0 Å². The van der Waals surface area contributed by atoms with Gasteiger partial charge in [0.2, 0.25) is 0 Å². The number of nitrogen functional groups attached to an aromatic ring is 1. The van der Waals surface area contributed by atoms with Gasteiger partial charge in [0.05, 0.1) is 29.5 Å². The van der Waals surface area contributed by atoms with Crippen molar-refractivity contribution in [1.29, 1.82) is 0 Å². The van der Waals surface area contributed by atoms with Crippen LogP contribution in [0.25, 0.3) is 5.69 Å². The molecule has 0 saturated heterocycles. The van der Waals surface area contributed by atoms with E-state index in [0.717, 1.165) is 23.5 Å². The van der Waals surface area contributed by atoms with Gasteiger partial charge in [0.1, 0.15) is 0 Å². The second kappa shape index (κ2) is 3.49. The quantitative estimate of drug-likeness (QED) is 0.775. The molecule has 0 atom stereocenters. The average Bonchev–Trinajstić information content (AvgIpc) is 2.61. The smallest absolute Gasteiger partial charge is 0.0832 e. The van der Waals surface area contributed by atoms with Crippen molar-refractivity contribution in [3.63, 3.8) is 0 Å². The van der Waals surface area contributed by atoms with Gasteiger partial charge >= 0.3 is 0 Å². The summed E-state index contributed by atoms with van der Waals surface area (Å²) in [5.41, 5.74) is 8.49. The Morgan fingerprint density at radius 2 is 2.29 bits per heavy atom. The van der Waals surface area contributed by atoms with Gasteiger partial charge in [0, 0.05) is 6.20 Å². The third-order valence-corrected chi connectivity index (χ3v) is 2.13. The number of aromatic nitrogens is 3. The molecule has 2 rings (SSSR count). The molecular weight excluding hydrogens is 176 g/mol. The Morgan fingerprint density at radius 1 is 1.43 bits per heavy atom. The van der Waals surface area contributed by atoms with Gasteiger partial charge in [0.25, 0.3) is 0 Å². The third kappa shape index (κ3) is 1.35. The normalized spacial score (nSPS) is 10.4. The van der Waals surface area contributed by atoms with Crippen LogP contribution in [0.15, 0.2) is 30.7 Å². The molecule has 0 aliphatic heterocycles. The molecule has 0 amide bonds. The molecule has 0 saturated carbocycles. The maximum absolute atomic E-state index is 5.79. The lowest BCUT2D eigenvalue weighted by Gasteiger charge is -2.04. The number of pyridine rings is 1. The van der Waals surface area contributed by atoms with E-state index in [1.54, 1.807) is 18.6 Å². The fourth-order valence-corrected chi connectivity index (χ4v) is 1.44. The summed E-state index contributed by atoms with van der Waals surface area (Å²) in [7, 11) is 0. The standard InChI is InChI=1S/C10H12N4/c1-2-10-9(11)7-13-14(10)8-4-3-5-12-6-8/h3-7H,2,11H2,1H3. The lowest BCUT2D eigenvalue weighted by Crippen LogP contribution is -2.02. The molecule has 2 N–H and O–H groups in total. The van der Waals surface area contributed by atoms with Gasteiger partial charge in [-0.25, -0.2) is 4.68 Å². The Balaban J connectivity index is 2.52. The van der Waals surface area contributed by atoms with Crippen LogP contribution in [-0.2, 0) is 6.42 Å². The molecule has 0 spiro atoms. The molecule has 2 heterocycles. The lowest BCUT2D eigenvalue weighted by molar-refractivity contribution is 0.811. The molecule has 4 nitrogen and oxygen atoms in total. The van der Waals surface area contributed by atoms with Gasteiger partial charge in [-0.15, -0.1) is 0 Å². The van der Waals surface area contributed by atoms with Gasteiger partial charge in [-0.1, -0.05) is 6.92 Å². The zero-order valence-corrected chi connectivity index (χ0v) is 8.01. The van der Waals surface area contributed by atoms with Crippen LogP contribution in [0.2, 0.25) is 0 Å². The first-order valence-electron chi connectivity index (χ1n) is 4.55. The third-order valence-electron chi connectivity index (χ3n) is 2.13. The van der Waals surface area contributed by atoms with Crippen LogP contribution < -0.4 is 5.73 Å². The highest BCUT2D eigenvalue weighted by molar-refractivity contribution is 5.45. The molecule has 14 heavy (non-hydrogen) atoms. The van der Waals surface area contributed by atoms with Gasteiger partial charge < -0.3 is 5.73 Å². The predicted octanol–water partition coefficient (Wildman–Crippen LogP) is 1.41. The summed E-state index contributed by atoms with van der Waals surface area (Å²) in [4.78, 5) is 4.04. The van der Waals surface area contributed by atoms with E-state index in [4.69, 9.17) is 5.73 Å². The van der Waals surface area contributed by atoms with Gasteiger partial charge in [0.15, 0.2) is 0 Å². The van der Waals surface area contributed by atoms with Gasteiger partial charge in [-0.2, -0.15) is 5.10 Å². The van der Waals surface area contributed by atoms with Crippen LogP contribution in [0.1, 0.15) is 12.6 Å². The molecule has 0 unspecified atom stereocenters. The van der Waals surface area contributed by atoms with Crippen molar-refractivity contribution in [1.82, 2.24) is 14.8 Å². The number of hydrogen-bond donors (Lipinski definition) is 1. The monoisotopic (exact) mass is 188 g/mol. The lowest BCUT2D eigenvalue weighted by atomic mass is 10.3. The Kier molecular flexibility index (Phi) is 2.18. The molecule has 0 aliphatic rings. The van der Waals surface area contributed by atoms with Crippen molar-refractivity contribution in [2.24, 2.45) is 0 Å². The van der Waals surface area contributed by atoms with Crippen molar-refractivity contribution < 1.29 is 0 Å². The van der Waals surface area contributed by atoms with Crippen molar-refractivity contribution in [2.75, 3.05) is 5.73 Å². The summed E-state index contributed by atoms with van der Waals surface area (Å²) in [6.07, 6.45) is 6.04. The second-order valence-electron chi connectivity index (χ2n) is 3.02. The number of rotatable bonds is 2. The molecule has 72 valence electrons. The van der Waals surface area contributed by atoms with Crippen LogP contribution >= 0.6 is 0 Å². The minimum absolute atomic E-state index is 0.733. The molecule has 0 fully saturated rings. The number of nitrogens with two attached hydrogens (primary N) is 1. The highest BCUT2D eigenvalue weighted by Gasteiger charge is 2.06. The summed E-state index contributed by atoms with van der Waals surface area (Å²) < 4.78 is 1.82. The van der Waals surface area contributed by atoms with Crippen LogP contribution in [0.5, 0.6) is 0 Å². The average molecular weight is 188 g/mol. The number of nitrogens with zero attached hydrogens (tertiary/aromatic N) is 3. The number of hydrogen-bond acceptors (Lipinski definition) is 3. The van der Waals surface area contributed by atoms with E-state index in [0.29, 0.717) is 0 Å². The minimum atomic E-state index is 0.733. The molecular formula is C10H12N4. The predicted molar refractivity (Wildman–Crippen MR) is 55.1 cm³/mol. The Bertz CT molecular complexity index is 419. The zero-order valence-electron chi connectivity index (χ0n) is 8.01. The van der Waals surface area contributed by atoms with Crippen LogP contribution in [0, 0.1) is 0 Å². The Hall–Kier alpha value is -1.84. The van der Waals surface area contributed by atoms with E-state index >= 15 is 0 Å². The van der Waals surface area contributed by atoms with Crippen LogP contribution in [0.3, 0.4) is 0 Å². The van der Waals surface area contributed by atoms with Gasteiger partial charge in [-0.3, -0.25) is 4.98 Å². The van der Waals surface area contributed by atoms with Crippen molar-refractivity contribution in [2.45, 2.75) is 13.3 Å². The molecule has 0 aromatic carbocycles. The minimum Gasteiger partial charge on any atom is -0.396 e. The second-order valence-corrected chi connectivity index (χ2v) is 3.02. The SMILES string of the molecule is CCc1c(N)cnn1-c1cccnc1. The van der Waals surface area contributed by atoms with Crippen molar-refractivity contribution in [3.05, 3.63) is 36.4 Å². The first-order chi connectivity index (χ1) is 6.83. The van der Waals surface area contributed by atoms with E-state index in [2.05, 4.69) is 17.0 Å². The maximum Gasteiger partial charge on any atom is 0.0832 e. The first kappa shape index (κ1) is 8.74. The van der Waals surface area contributed by atoms with Crippen LogP contribution in [0.4, 0.5) is 5.69 Å². The largest absolute Gasteiger partial charge is 0.396 e. The van der Waals surface area contributed by atoms with Crippen molar-refractivity contribution in [3.8, 4) is 5.69 Å². The van der Waals surface area contributed by atoms with E-state index in [1.165, 1.54) is 0 Å². The van der Waals surface area contributed by atoms with Gasteiger partial charge in [-0.05, 0) is 18.6 Å². The molecule has 4 heteroatoms. The molecule has 2 aromatic heterocycles. The molecule has 0 aliphatic carbocycles. The van der Waals surface area contributed by atoms with E-state index in [1.807, 2.05) is 16.8 Å². The maximum atomic E-state index is 5.79. The highest BCUT2D eigenvalue weighted by atomic mass is 15.3. The summed E-state index contributed by atoms with van der Waals surface area (Å²) in [6.45, 7) is 2.06. The summed E-state index contributed by atoms with van der Waals surface area (Å²) >= 11 is 0. The summed E-state index contributed by atoms with van der Waals surface area (Å²) in [5, 5.41) is 4.21. The van der Waals surface area contributed by atoms with E-state index in [-0.39, 0.29) is 0 Å². The highest BCUT2D eigenvalue weighted by Crippen LogP contribution is 2.15. The Labute approximate surface area is 82.4 Å². The molecule has 2 aromatic rings. The fraction of sp³-hybridized carbons (Fsp3) is 0.200. The fourth-order valence-electron chi connectivity index (χ4n) is 1.44.